The van der Waals surface area contributed by atoms with Crippen LogP contribution < -0.4 is 0 Å². The predicted octanol–water partition coefficient (Wildman–Crippen LogP) is 4.22. The monoisotopic (exact) mass is 304 g/mol. The number of aliphatic hydroxyl groups excluding tert-OH is 1. The molecule has 3 heteroatoms. The molecule has 122 valence electrons. The Bertz CT molecular complexity index is 484. The molecule has 0 aromatic heterocycles. The molecule has 2 rings (SSSR count). The highest BCUT2D eigenvalue weighted by Gasteiger charge is 2.25. The fourth-order valence-electron chi connectivity index (χ4n) is 2.88. The van der Waals surface area contributed by atoms with Crippen LogP contribution in [0.5, 0.6) is 0 Å². The molecule has 0 spiro atoms. The van der Waals surface area contributed by atoms with Crippen LogP contribution >= 0.6 is 0 Å². The van der Waals surface area contributed by atoms with E-state index in [-0.39, 0.29) is 17.5 Å². The molecule has 1 aromatic rings. The van der Waals surface area contributed by atoms with Crippen LogP contribution in [0, 0.1) is 0 Å². The lowest BCUT2D eigenvalue weighted by atomic mass is 9.87. The number of ether oxygens (including phenoxy) is 1. The molecule has 2 atom stereocenters. The summed E-state index contributed by atoms with van der Waals surface area (Å²) in [5, 5.41) is 10.1. The van der Waals surface area contributed by atoms with Gasteiger partial charge in [0.2, 0.25) is 0 Å². The molecule has 0 saturated heterocycles. The van der Waals surface area contributed by atoms with Gasteiger partial charge in [0.1, 0.15) is 6.10 Å². The fraction of sp³-hybridized carbons (Fsp3) is 0.632. The van der Waals surface area contributed by atoms with Crippen LogP contribution in [0.1, 0.15) is 75.2 Å². The van der Waals surface area contributed by atoms with Gasteiger partial charge in [-0.3, -0.25) is 0 Å². The molecule has 1 aliphatic carbocycles. The average molecular weight is 304 g/mol. The van der Waals surface area contributed by atoms with E-state index in [0.717, 1.165) is 38.5 Å². The first-order valence-corrected chi connectivity index (χ1v) is 8.37. The number of esters is 1. The third-order valence-corrected chi connectivity index (χ3v) is 4.41. The normalized spacial score (nSPS) is 23.5. The molecular weight excluding hydrogens is 276 g/mol. The van der Waals surface area contributed by atoms with Crippen molar-refractivity contribution in [2.24, 2.45) is 0 Å². The summed E-state index contributed by atoms with van der Waals surface area (Å²) in [6.07, 6.45) is 4.92. The van der Waals surface area contributed by atoms with Crippen molar-refractivity contribution in [2.75, 3.05) is 0 Å². The van der Waals surface area contributed by atoms with Crippen LogP contribution in [0.25, 0.3) is 0 Å². The second-order valence-electron chi connectivity index (χ2n) is 7.33. The van der Waals surface area contributed by atoms with Gasteiger partial charge in [-0.15, -0.1) is 0 Å². The number of carbonyl (C=O) groups excluding carboxylic acids is 1. The Hall–Kier alpha value is -1.35. The quantitative estimate of drug-likeness (QED) is 0.832. The molecule has 22 heavy (non-hydrogen) atoms. The molecule has 0 bridgehead atoms. The third kappa shape index (κ3) is 4.57. The van der Waals surface area contributed by atoms with Crippen molar-refractivity contribution in [3.63, 3.8) is 0 Å². The fourth-order valence-corrected chi connectivity index (χ4v) is 2.88. The van der Waals surface area contributed by atoms with Crippen LogP contribution in [0.15, 0.2) is 24.3 Å². The second kappa shape index (κ2) is 7.28. The van der Waals surface area contributed by atoms with Crippen molar-refractivity contribution in [1.29, 1.82) is 0 Å². The van der Waals surface area contributed by atoms with Gasteiger partial charge in [-0.25, -0.2) is 4.79 Å². The van der Waals surface area contributed by atoms with Gasteiger partial charge in [-0.05, 0) is 42.4 Å². The number of carbonyl (C=O) groups is 1. The summed E-state index contributed by atoms with van der Waals surface area (Å²) >= 11 is 0. The Kier molecular flexibility index (Phi) is 5.63. The molecule has 1 fully saturated rings. The first-order valence-electron chi connectivity index (χ1n) is 8.37. The molecule has 3 nitrogen and oxygen atoms in total. The van der Waals surface area contributed by atoms with E-state index in [1.165, 1.54) is 5.56 Å². The summed E-state index contributed by atoms with van der Waals surface area (Å²) in [5.41, 5.74) is 1.82. The number of hydrogen-bond acceptors (Lipinski definition) is 3. The van der Waals surface area contributed by atoms with E-state index in [1.807, 2.05) is 24.3 Å². The summed E-state index contributed by atoms with van der Waals surface area (Å²) in [7, 11) is 0. The maximum absolute atomic E-state index is 12.3. The summed E-state index contributed by atoms with van der Waals surface area (Å²) in [4.78, 5) is 12.3. The lowest BCUT2D eigenvalue weighted by Crippen LogP contribution is -2.32. The molecule has 0 amide bonds. The highest BCUT2D eigenvalue weighted by atomic mass is 16.6. The van der Waals surface area contributed by atoms with E-state index in [2.05, 4.69) is 20.8 Å². The number of hydrogen-bond donors (Lipinski definition) is 1. The van der Waals surface area contributed by atoms with E-state index in [0.29, 0.717) is 5.56 Å². The maximum atomic E-state index is 12.3. The van der Waals surface area contributed by atoms with Gasteiger partial charge < -0.3 is 9.84 Å². The van der Waals surface area contributed by atoms with Crippen molar-refractivity contribution in [3.05, 3.63) is 35.4 Å². The van der Waals surface area contributed by atoms with Crippen molar-refractivity contribution in [2.45, 2.75) is 76.9 Å². The minimum Gasteiger partial charge on any atom is -0.456 e. The van der Waals surface area contributed by atoms with Gasteiger partial charge in [0.05, 0.1) is 11.7 Å². The summed E-state index contributed by atoms with van der Waals surface area (Å²) in [6, 6.07) is 7.59. The van der Waals surface area contributed by atoms with Crippen molar-refractivity contribution < 1.29 is 14.6 Å². The van der Waals surface area contributed by atoms with E-state index in [9.17, 15) is 9.90 Å². The Balaban J connectivity index is 2.01. The molecule has 0 aliphatic heterocycles. The Labute approximate surface area is 133 Å². The molecule has 0 unspecified atom stereocenters. The van der Waals surface area contributed by atoms with Crippen molar-refractivity contribution in [1.82, 2.24) is 0 Å². The summed E-state index contributed by atoms with van der Waals surface area (Å²) in [5.74, 6) is -0.329. The SMILES string of the molecule is CC(C)(C)c1ccc(C(=O)O[C@@H]2CCCCCC[C@@H]2O)cc1. The van der Waals surface area contributed by atoms with Crippen LogP contribution in [0.4, 0.5) is 0 Å². The second-order valence-corrected chi connectivity index (χ2v) is 7.33. The first-order chi connectivity index (χ1) is 10.4. The van der Waals surface area contributed by atoms with Gasteiger partial charge >= 0.3 is 5.97 Å². The van der Waals surface area contributed by atoms with Crippen LogP contribution in [0.2, 0.25) is 0 Å². The molecular formula is C19H28O3. The van der Waals surface area contributed by atoms with Crippen molar-refractivity contribution in [3.8, 4) is 0 Å². The maximum Gasteiger partial charge on any atom is 0.338 e. The lowest BCUT2D eigenvalue weighted by molar-refractivity contribution is -0.0282. The van der Waals surface area contributed by atoms with E-state index >= 15 is 0 Å². The summed E-state index contributed by atoms with van der Waals surface area (Å²) in [6.45, 7) is 6.43. The Morgan fingerprint density at radius 2 is 1.64 bits per heavy atom. The zero-order valence-corrected chi connectivity index (χ0v) is 14.0. The Morgan fingerprint density at radius 3 is 2.23 bits per heavy atom. The van der Waals surface area contributed by atoms with Crippen LogP contribution in [0.3, 0.4) is 0 Å². The van der Waals surface area contributed by atoms with Gasteiger partial charge in [-0.2, -0.15) is 0 Å². The van der Waals surface area contributed by atoms with Gasteiger partial charge in [0, 0.05) is 0 Å². The summed E-state index contributed by atoms with van der Waals surface area (Å²) < 4.78 is 5.56. The molecule has 1 aromatic carbocycles. The predicted molar refractivity (Wildman–Crippen MR) is 88.1 cm³/mol. The number of aliphatic hydroxyl groups is 1. The lowest BCUT2D eigenvalue weighted by Gasteiger charge is -2.25. The minimum atomic E-state index is -0.530. The minimum absolute atomic E-state index is 0.0676. The smallest absolute Gasteiger partial charge is 0.338 e. The largest absolute Gasteiger partial charge is 0.456 e. The van der Waals surface area contributed by atoms with E-state index < -0.39 is 6.10 Å². The molecule has 1 N–H and O–H groups in total. The number of benzene rings is 1. The number of rotatable bonds is 2. The van der Waals surface area contributed by atoms with Crippen molar-refractivity contribution >= 4 is 5.97 Å². The van der Waals surface area contributed by atoms with E-state index in [1.54, 1.807) is 0 Å². The topological polar surface area (TPSA) is 46.5 Å². The third-order valence-electron chi connectivity index (χ3n) is 4.41. The molecule has 0 radical (unpaired) electrons. The van der Waals surface area contributed by atoms with E-state index in [4.69, 9.17) is 4.74 Å². The molecule has 0 heterocycles. The Morgan fingerprint density at radius 1 is 1.05 bits per heavy atom. The standard InChI is InChI=1S/C19H28O3/c1-19(2,3)15-12-10-14(11-13-15)18(21)22-17-9-7-5-4-6-8-16(17)20/h10-13,16-17,20H,4-9H2,1-3H3/t16-,17+/m0/s1. The van der Waals surface area contributed by atoms with Crippen LogP contribution in [-0.2, 0) is 10.2 Å². The zero-order valence-electron chi connectivity index (χ0n) is 14.0. The highest BCUT2D eigenvalue weighted by molar-refractivity contribution is 5.89. The zero-order chi connectivity index (χ0) is 16.2. The molecule has 1 saturated carbocycles. The van der Waals surface area contributed by atoms with Gasteiger partial charge in [-0.1, -0.05) is 52.2 Å². The molecule has 1 aliphatic rings. The average Bonchev–Trinajstić information content (AvgIpc) is 2.46. The van der Waals surface area contributed by atoms with Gasteiger partial charge in [0.15, 0.2) is 0 Å². The van der Waals surface area contributed by atoms with Gasteiger partial charge in [0.25, 0.3) is 0 Å². The van der Waals surface area contributed by atoms with Crippen LogP contribution in [-0.4, -0.2) is 23.3 Å². The first kappa shape index (κ1) is 17.0. The highest BCUT2D eigenvalue weighted by Crippen LogP contribution is 2.24.